The van der Waals surface area contributed by atoms with Gasteiger partial charge in [-0.05, 0) is 51.0 Å². The van der Waals surface area contributed by atoms with Crippen LogP contribution in [0.5, 0.6) is 0 Å². The molecule has 0 spiro atoms. The number of benzene rings is 1. The molecule has 132 valence electrons. The highest BCUT2D eigenvalue weighted by Crippen LogP contribution is 2.27. The number of nitriles is 1. The average molecular weight is 351 g/mol. The first-order valence-electron chi connectivity index (χ1n) is 8.01. The van der Waals surface area contributed by atoms with E-state index in [1.807, 2.05) is 32.0 Å². The van der Waals surface area contributed by atoms with Crippen molar-refractivity contribution in [1.82, 2.24) is 5.16 Å². The molecule has 26 heavy (non-hydrogen) atoms. The molecule has 0 saturated heterocycles. The van der Waals surface area contributed by atoms with Crippen LogP contribution in [0.25, 0.3) is 11.0 Å². The van der Waals surface area contributed by atoms with Gasteiger partial charge in [-0.2, -0.15) is 5.26 Å². The molecule has 1 N–H and O–H groups in total. The molecule has 2 heterocycles. The molecule has 0 unspecified atom stereocenters. The fourth-order valence-electron chi connectivity index (χ4n) is 2.86. The Morgan fingerprint density at radius 2 is 1.92 bits per heavy atom. The van der Waals surface area contributed by atoms with E-state index in [2.05, 4.69) is 10.5 Å². The lowest BCUT2D eigenvalue weighted by molar-refractivity contribution is -0.115. The second-order valence-electron chi connectivity index (χ2n) is 6.19. The van der Waals surface area contributed by atoms with Gasteiger partial charge in [-0.3, -0.25) is 14.9 Å². The maximum atomic E-state index is 12.4. The van der Waals surface area contributed by atoms with Crippen molar-refractivity contribution in [2.45, 2.75) is 34.1 Å². The van der Waals surface area contributed by atoms with E-state index in [-0.39, 0.29) is 29.2 Å². The van der Waals surface area contributed by atoms with Gasteiger partial charge in [0.2, 0.25) is 11.8 Å². The van der Waals surface area contributed by atoms with E-state index in [4.69, 9.17) is 8.94 Å². The molecule has 1 amide bonds. The van der Waals surface area contributed by atoms with Crippen LogP contribution in [0.2, 0.25) is 0 Å². The van der Waals surface area contributed by atoms with Crippen LogP contribution in [0.4, 0.5) is 5.88 Å². The minimum absolute atomic E-state index is 0.0276. The molecule has 0 saturated carbocycles. The number of nitrogens with zero attached hydrogens (tertiary/aromatic N) is 2. The van der Waals surface area contributed by atoms with Gasteiger partial charge in [0.05, 0.1) is 12.0 Å². The second kappa shape index (κ2) is 6.48. The zero-order valence-electron chi connectivity index (χ0n) is 14.9. The van der Waals surface area contributed by atoms with Gasteiger partial charge in [0, 0.05) is 5.39 Å². The largest absolute Gasteiger partial charge is 0.443 e. The van der Waals surface area contributed by atoms with Crippen molar-refractivity contribution in [2.24, 2.45) is 0 Å². The van der Waals surface area contributed by atoms with Crippen LogP contribution in [0.1, 0.15) is 45.4 Å². The fraction of sp³-hybridized carbons (Fsp3) is 0.263. The normalized spacial score (nSPS) is 10.7. The summed E-state index contributed by atoms with van der Waals surface area (Å²) in [6, 6.07) is 5.71. The molecule has 0 atom stereocenters. The highest BCUT2D eigenvalue weighted by molar-refractivity contribution is 6.01. The number of furan rings is 1. The SMILES string of the molecule is CC(=O)c1c(C)oc(NC(=O)Cc2noc3cc(C)c(C)cc23)c1C#N. The van der Waals surface area contributed by atoms with Gasteiger partial charge in [-0.25, -0.2) is 0 Å². The van der Waals surface area contributed by atoms with Crippen LogP contribution in [0, 0.1) is 32.1 Å². The van der Waals surface area contributed by atoms with Crippen molar-refractivity contribution in [3.63, 3.8) is 0 Å². The molecule has 0 fully saturated rings. The maximum Gasteiger partial charge on any atom is 0.232 e. The monoisotopic (exact) mass is 351 g/mol. The number of nitrogens with one attached hydrogen (secondary N) is 1. The van der Waals surface area contributed by atoms with Crippen LogP contribution in [0.15, 0.2) is 21.1 Å². The van der Waals surface area contributed by atoms with Crippen molar-refractivity contribution in [1.29, 1.82) is 5.26 Å². The number of hydrogen-bond acceptors (Lipinski definition) is 6. The fourth-order valence-corrected chi connectivity index (χ4v) is 2.86. The van der Waals surface area contributed by atoms with Gasteiger partial charge < -0.3 is 8.94 Å². The molecule has 0 aliphatic heterocycles. The Bertz CT molecular complexity index is 1080. The minimum Gasteiger partial charge on any atom is -0.443 e. The highest BCUT2D eigenvalue weighted by Gasteiger charge is 2.23. The third kappa shape index (κ3) is 2.97. The molecule has 0 aliphatic rings. The second-order valence-corrected chi connectivity index (χ2v) is 6.19. The number of fused-ring (bicyclic) bond motifs is 1. The van der Waals surface area contributed by atoms with E-state index < -0.39 is 5.91 Å². The summed E-state index contributed by atoms with van der Waals surface area (Å²) in [4.78, 5) is 24.0. The molecule has 7 nitrogen and oxygen atoms in total. The molecule has 3 rings (SSSR count). The predicted molar refractivity (Wildman–Crippen MR) is 94.0 cm³/mol. The molecule has 2 aromatic heterocycles. The number of ketones is 1. The van der Waals surface area contributed by atoms with Gasteiger partial charge in [-0.1, -0.05) is 5.16 Å². The standard InChI is InChI=1S/C19H17N3O4/c1-9-5-13-15(22-26-16(13)6-10(9)2)7-17(24)21-19-14(8-20)18(11(3)23)12(4)25-19/h5-6H,7H2,1-4H3,(H,21,24). The van der Waals surface area contributed by atoms with Crippen molar-refractivity contribution in [2.75, 3.05) is 5.32 Å². The third-order valence-electron chi connectivity index (χ3n) is 4.29. The lowest BCUT2D eigenvalue weighted by Gasteiger charge is -2.02. The number of hydrogen-bond donors (Lipinski definition) is 1. The zero-order chi connectivity index (χ0) is 19.0. The lowest BCUT2D eigenvalue weighted by Crippen LogP contribution is -2.15. The number of rotatable bonds is 4. The Balaban J connectivity index is 1.87. The molecule has 0 aliphatic carbocycles. The van der Waals surface area contributed by atoms with Crippen molar-refractivity contribution in [3.8, 4) is 6.07 Å². The van der Waals surface area contributed by atoms with Gasteiger partial charge in [0.25, 0.3) is 0 Å². The van der Waals surface area contributed by atoms with Crippen LogP contribution >= 0.6 is 0 Å². The molecule has 3 aromatic rings. The summed E-state index contributed by atoms with van der Waals surface area (Å²) < 4.78 is 10.7. The first kappa shape index (κ1) is 17.4. The molecule has 0 radical (unpaired) electrons. The summed E-state index contributed by atoms with van der Waals surface area (Å²) >= 11 is 0. The lowest BCUT2D eigenvalue weighted by atomic mass is 10.1. The Morgan fingerprint density at radius 1 is 1.23 bits per heavy atom. The van der Waals surface area contributed by atoms with E-state index in [0.29, 0.717) is 17.0 Å². The number of amides is 1. The van der Waals surface area contributed by atoms with Crippen LogP contribution < -0.4 is 5.32 Å². The van der Waals surface area contributed by atoms with Gasteiger partial charge >= 0.3 is 0 Å². The number of Topliss-reactive ketones (excluding diaryl/α,β-unsaturated/α-hetero) is 1. The smallest absolute Gasteiger partial charge is 0.232 e. The van der Waals surface area contributed by atoms with Gasteiger partial charge in [0.15, 0.2) is 11.4 Å². The van der Waals surface area contributed by atoms with Crippen LogP contribution in [0.3, 0.4) is 0 Å². The van der Waals surface area contributed by atoms with Crippen molar-refractivity contribution in [3.05, 3.63) is 45.8 Å². The predicted octanol–water partition coefficient (Wildman–Crippen LogP) is 3.60. The number of anilines is 1. The average Bonchev–Trinajstić information content (AvgIpc) is 3.08. The molecular weight excluding hydrogens is 334 g/mol. The van der Waals surface area contributed by atoms with E-state index in [1.54, 1.807) is 6.92 Å². The summed E-state index contributed by atoms with van der Waals surface area (Å²) in [6.07, 6.45) is -0.0461. The Labute approximate surface area is 149 Å². The number of aryl methyl sites for hydroxylation is 3. The quantitative estimate of drug-likeness (QED) is 0.719. The molecule has 1 aromatic carbocycles. The summed E-state index contributed by atoms with van der Waals surface area (Å²) in [7, 11) is 0. The van der Waals surface area contributed by atoms with Crippen LogP contribution in [-0.4, -0.2) is 16.8 Å². The number of carbonyl (C=O) groups is 2. The number of aromatic nitrogens is 1. The Kier molecular flexibility index (Phi) is 4.34. The minimum atomic E-state index is -0.418. The first-order valence-corrected chi connectivity index (χ1v) is 8.01. The van der Waals surface area contributed by atoms with Crippen molar-refractivity contribution < 1.29 is 18.5 Å². The summed E-state index contributed by atoms with van der Waals surface area (Å²) in [5.74, 6) is -0.446. The Hall–Kier alpha value is -3.40. The van der Waals surface area contributed by atoms with Gasteiger partial charge in [0.1, 0.15) is 23.1 Å². The van der Waals surface area contributed by atoms with Crippen molar-refractivity contribution >= 4 is 28.5 Å². The van der Waals surface area contributed by atoms with E-state index in [0.717, 1.165) is 16.5 Å². The third-order valence-corrected chi connectivity index (χ3v) is 4.29. The highest BCUT2D eigenvalue weighted by atomic mass is 16.5. The van der Waals surface area contributed by atoms with Crippen LogP contribution in [-0.2, 0) is 11.2 Å². The Morgan fingerprint density at radius 3 is 2.58 bits per heavy atom. The van der Waals surface area contributed by atoms with E-state index >= 15 is 0 Å². The zero-order valence-corrected chi connectivity index (χ0v) is 14.9. The first-order chi connectivity index (χ1) is 12.3. The topological polar surface area (TPSA) is 109 Å². The van der Waals surface area contributed by atoms with Gasteiger partial charge in [-0.15, -0.1) is 0 Å². The summed E-state index contributed by atoms with van der Waals surface area (Å²) in [5.41, 5.74) is 3.46. The van der Waals surface area contributed by atoms with E-state index in [9.17, 15) is 14.9 Å². The maximum absolute atomic E-state index is 12.4. The molecule has 7 heteroatoms. The van der Waals surface area contributed by atoms with E-state index in [1.165, 1.54) is 6.92 Å². The number of carbonyl (C=O) groups excluding carboxylic acids is 2. The molecule has 0 bridgehead atoms. The summed E-state index contributed by atoms with van der Waals surface area (Å²) in [6.45, 7) is 6.86. The molecular formula is C19H17N3O4. The summed E-state index contributed by atoms with van der Waals surface area (Å²) in [5, 5.41) is 16.6.